The van der Waals surface area contributed by atoms with Gasteiger partial charge in [-0.3, -0.25) is 9.59 Å². The first kappa shape index (κ1) is 17.7. The Bertz CT molecular complexity index is 562. The molecule has 1 saturated heterocycles. The van der Waals surface area contributed by atoms with Gasteiger partial charge in [-0.05, 0) is 57.3 Å². The van der Waals surface area contributed by atoms with Crippen LogP contribution in [0.2, 0.25) is 0 Å². The Morgan fingerprint density at radius 2 is 2.04 bits per heavy atom. The molecule has 0 unspecified atom stereocenters. The van der Waals surface area contributed by atoms with E-state index in [2.05, 4.69) is 22.2 Å². The predicted octanol–water partition coefficient (Wildman–Crippen LogP) is 1.51. The average molecular weight is 320 g/mol. The fourth-order valence-electron chi connectivity index (χ4n) is 2.82. The Morgan fingerprint density at radius 3 is 2.74 bits per heavy atom. The van der Waals surface area contributed by atoms with Gasteiger partial charge in [-0.25, -0.2) is 4.68 Å². The number of aryl methyl sites for hydroxylation is 1. The van der Waals surface area contributed by atoms with Crippen molar-refractivity contribution < 1.29 is 4.79 Å². The van der Waals surface area contributed by atoms with E-state index >= 15 is 0 Å². The third-order valence-corrected chi connectivity index (χ3v) is 4.35. The predicted molar refractivity (Wildman–Crippen MR) is 90.6 cm³/mol. The van der Waals surface area contributed by atoms with Crippen LogP contribution < -0.4 is 10.9 Å². The first-order valence-corrected chi connectivity index (χ1v) is 8.69. The van der Waals surface area contributed by atoms with Crippen LogP contribution in [0.3, 0.4) is 0 Å². The molecule has 1 aliphatic heterocycles. The molecule has 1 amide bonds. The maximum atomic E-state index is 12.1. The minimum Gasteiger partial charge on any atom is -0.351 e. The molecule has 0 bridgehead atoms. The zero-order valence-corrected chi connectivity index (χ0v) is 14.3. The van der Waals surface area contributed by atoms with Gasteiger partial charge in [0.25, 0.3) is 11.5 Å². The monoisotopic (exact) mass is 320 g/mol. The second kappa shape index (κ2) is 8.82. The van der Waals surface area contributed by atoms with Gasteiger partial charge in [0.2, 0.25) is 0 Å². The van der Waals surface area contributed by atoms with Gasteiger partial charge in [-0.1, -0.05) is 13.8 Å². The minimum absolute atomic E-state index is 0.164. The zero-order valence-electron chi connectivity index (χ0n) is 14.3. The van der Waals surface area contributed by atoms with Gasteiger partial charge < -0.3 is 10.2 Å². The Balaban J connectivity index is 1.74. The minimum atomic E-state index is -0.206. The van der Waals surface area contributed by atoms with Crippen LogP contribution in [0.1, 0.15) is 50.0 Å². The SMILES string of the molecule is CCCn1nc(C(=O)NCCCN2CCC(C)CC2)ccc1=O. The van der Waals surface area contributed by atoms with Crippen LogP contribution in [0.4, 0.5) is 0 Å². The summed E-state index contributed by atoms with van der Waals surface area (Å²) in [6.07, 6.45) is 4.30. The van der Waals surface area contributed by atoms with Crippen molar-refractivity contribution in [1.82, 2.24) is 20.0 Å². The molecule has 1 aromatic rings. The summed E-state index contributed by atoms with van der Waals surface area (Å²) in [7, 11) is 0. The highest BCUT2D eigenvalue weighted by atomic mass is 16.2. The van der Waals surface area contributed by atoms with Crippen LogP contribution in [0.15, 0.2) is 16.9 Å². The highest BCUT2D eigenvalue weighted by molar-refractivity contribution is 5.91. The van der Waals surface area contributed by atoms with Crippen molar-refractivity contribution in [2.75, 3.05) is 26.2 Å². The maximum absolute atomic E-state index is 12.1. The molecule has 6 nitrogen and oxygen atoms in total. The van der Waals surface area contributed by atoms with Gasteiger partial charge in [0.1, 0.15) is 5.69 Å². The molecule has 1 aliphatic rings. The molecular weight excluding hydrogens is 292 g/mol. The number of aromatic nitrogens is 2. The van der Waals surface area contributed by atoms with Gasteiger partial charge >= 0.3 is 0 Å². The summed E-state index contributed by atoms with van der Waals surface area (Å²) < 4.78 is 1.35. The molecule has 0 spiro atoms. The molecule has 2 rings (SSSR count). The molecule has 1 fully saturated rings. The molecular formula is C17H28N4O2. The topological polar surface area (TPSA) is 67.2 Å². The number of rotatable bonds is 7. The normalized spacial score (nSPS) is 16.4. The summed E-state index contributed by atoms with van der Waals surface area (Å²) >= 11 is 0. The lowest BCUT2D eigenvalue weighted by atomic mass is 9.99. The van der Waals surface area contributed by atoms with E-state index in [-0.39, 0.29) is 11.5 Å². The van der Waals surface area contributed by atoms with Crippen molar-refractivity contribution in [3.8, 4) is 0 Å². The molecule has 0 radical (unpaired) electrons. The number of nitrogens with zero attached hydrogens (tertiary/aromatic N) is 3. The number of carbonyl (C=O) groups is 1. The molecule has 2 heterocycles. The standard InChI is InChI=1S/C17H28N4O2/c1-3-10-21-16(22)6-5-15(19-21)17(23)18-9-4-11-20-12-7-14(2)8-13-20/h5-6,14H,3-4,7-13H2,1-2H3,(H,18,23). The average Bonchev–Trinajstić information content (AvgIpc) is 2.55. The first-order valence-electron chi connectivity index (χ1n) is 8.69. The van der Waals surface area contributed by atoms with Crippen LogP contribution in [-0.2, 0) is 6.54 Å². The Kier molecular flexibility index (Phi) is 6.77. The van der Waals surface area contributed by atoms with E-state index in [9.17, 15) is 9.59 Å². The van der Waals surface area contributed by atoms with E-state index in [1.165, 1.54) is 42.7 Å². The van der Waals surface area contributed by atoms with Crippen LogP contribution in [-0.4, -0.2) is 46.8 Å². The lowest BCUT2D eigenvalue weighted by Crippen LogP contribution is -2.36. The smallest absolute Gasteiger partial charge is 0.271 e. The fourth-order valence-corrected chi connectivity index (χ4v) is 2.82. The summed E-state index contributed by atoms with van der Waals surface area (Å²) in [4.78, 5) is 26.2. The van der Waals surface area contributed by atoms with Crippen molar-refractivity contribution in [3.05, 3.63) is 28.2 Å². The van der Waals surface area contributed by atoms with Gasteiger partial charge in [0.15, 0.2) is 0 Å². The third-order valence-electron chi connectivity index (χ3n) is 4.35. The van der Waals surface area contributed by atoms with Crippen molar-refractivity contribution in [2.24, 2.45) is 5.92 Å². The Labute approximate surface area is 137 Å². The molecule has 0 aliphatic carbocycles. The van der Waals surface area contributed by atoms with Crippen LogP contribution in [0, 0.1) is 5.92 Å². The first-order chi connectivity index (χ1) is 11.1. The summed E-state index contributed by atoms with van der Waals surface area (Å²) in [5.41, 5.74) is 0.146. The van der Waals surface area contributed by atoms with Gasteiger partial charge in [0.05, 0.1) is 0 Å². The fraction of sp³-hybridized carbons (Fsp3) is 0.706. The molecule has 1 N–H and O–H groups in total. The summed E-state index contributed by atoms with van der Waals surface area (Å²) in [5, 5.41) is 7.01. The van der Waals surface area contributed by atoms with Gasteiger partial charge in [0, 0.05) is 19.2 Å². The van der Waals surface area contributed by atoms with Crippen molar-refractivity contribution in [2.45, 2.75) is 46.1 Å². The molecule has 0 saturated carbocycles. The van der Waals surface area contributed by atoms with Crippen LogP contribution in [0.25, 0.3) is 0 Å². The summed E-state index contributed by atoms with van der Waals surface area (Å²) in [6, 6.07) is 2.91. The molecule has 1 aromatic heterocycles. The number of hydrogen-bond donors (Lipinski definition) is 1. The van der Waals surface area contributed by atoms with Crippen molar-refractivity contribution in [1.29, 1.82) is 0 Å². The quantitative estimate of drug-likeness (QED) is 0.773. The van der Waals surface area contributed by atoms with E-state index in [1.54, 1.807) is 0 Å². The largest absolute Gasteiger partial charge is 0.351 e. The van der Waals surface area contributed by atoms with Crippen LogP contribution in [0.5, 0.6) is 0 Å². The molecule has 6 heteroatoms. The van der Waals surface area contributed by atoms with E-state index < -0.39 is 0 Å². The summed E-state index contributed by atoms with van der Waals surface area (Å²) in [6.45, 7) is 8.81. The number of amides is 1. The van der Waals surface area contributed by atoms with E-state index in [0.717, 1.165) is 25.3 Å². The van der Waals surface area contributed by atoms with Gasteiger partial charge in [-0.2, -0.15) is 5.10 Å². The lowest BCUT2D eigenvalue weighted by Gasteiger charge is -2.30. The Morgan fingerprint density at radius 1 is 1.30 bits per heavy atom. The number of nitrogens with one attached hydrogen (secondary N) is 1. The molecule has 128 valence electrons. The molecule has 0 aromatic carbocycles. The van der Waals surface area contributed by atoms with Crippen molar-refractivity contribution >= 4 is 5.91 Å². The Hall–Kier alpha value is -1.69. The number of piperidine rings is 1. The van der Waals surface area contributed by atoms with Crippen molar-refractivity contribution in [3.63, 3.8) is 0 Å². The second-order valence-corrected chi connectivity index (χ2v) is 6.41. The van der Waals surface area contributed by atoms with E-state index in [0.29, 0.717) is 18.8 Å². The maximum Gasteiger partial charge on any atom is 0.271 e. The lowest BCUT2D eigenvalue weighted by molar-refractivity contribution is 0.0943. The molecule has 23 heavy (non-hydrogen) atoms. The number of carbonyl (C=O) groups excluding carboxylic acids is 1. The van der Waals surface area contributed by atoms with Gasteiger partial charge in [-0.15, -0.1) is 0 Å². The number of hydrogen-bond acceptors (Lipinski definition) is 4. The van der Waals surface area contributed by atoms with E-state index in [4.69, 9.17) is 0 Å². The second-order valence-electron chi connectivity index (χ2n) is 6.41. The third kappa shape index (κ3) is 5.46. The van der Waals surface area contributed by atoms with Crippen LogP contribution >= 0.6 is 0 Å². The van der Waals surface area contributed by atoms with E-state index in [1.807, 2.05) is 6.92 Å². The molecule has 0 atom stereocenters. The highest BCUT2D eigenvalue weighted by Gasteiger charge is 2.15. The zero-order chi connectivity index (χ0) is 16.7. The highest BCUT2D eigenvalue weighted by Crippen LogP contribution is 2.15. The number of likely N-dealkylation sites (tertiary alicyclic amines) is 1. The summed E-state index contributed by atoms with van der Waals surface area (Å²) in [5.74, 6) is 0.637.